The van der Waals surface area contributed by atoms with E-state index in [0.29, 0.717) is 5.69 Å². The highest BCUT2D eigenvalue weighted by Gasteiger charge is 2.38. The lowest BCUT2D eigenvalue weighted by molar-refractivity contribution is -0.116. The van der Waals surface area contributed by atoms with Crippen LogP contribution in [-0.2, 0) is 31.4 Å². The third-order valence-electron chi connectivity index (χ3n) is 4.57. The fraction of sp³-hybridized carbons (Fsp3) is 0.105. The van der Waals surface area contributed by atoms with Gasteiger partial charge in [-0.2, -0.15) is 0 Å². The average Bonchev–Trinajstić information content (AvgIpc) is 3.52. The number of nitrogens with one attached hydrogen (secondary N) is 3. The Morgan fingerprint density at radius 1 is 1.35 bits per heavy atom. The molecule has 12 nitrogen and oxygen atoms in total. The summed E-state index contributed by atoms with van der Waals surface area (Å²) in [4.78, 5) is 24.2. The van der Waals surface area contributed by atoms with Gasteiger partial charge in [-0.05, 0) is 23.6 Å². The second-order valence-corrected chi connectivity index (χ2v) is 11.3. The van der Waals surface area contributed by atoms with Crippen LogP contribution in [0.3, 0.4) is 0 Å². The molecule has 3 heterocycles. The number of hydrogen-bond acceptors (Lipinski definition) is 10. The van der Waals surface area contributed by atoms with Crippen molar-refractivity contribution in [2.24, 2.45) is 0 Å². The maximum Gasteiger partial charge on any atom is 0.271 e. The summed E-state index contributed by atoms with van der Waals surface area (Å²) in [6.45, 7) is 0.0690. The fourth-order valence-electron chi connectivity index (χ4n) is 3.10. The van der Waals surface area contributed by atoms with E-state index in [0.717, 1.165) is 23.5 Å². The van der Waals surface area contributed by atoms with Crippen molar-refractivity contribution in [3.05, 3.63) is 58.8 Å². The van der Waals surface area contributed by atoms with Gasteiger partial charge in [-0.3, -0.25) is 14.3 Å². The zero-order valence-corrected chi connectivity index (χ0v) is 19.7. The number of anilines is 1. The number of aromatic nitrogens is 1. The molecule has 0 bridgehead atoms. The molecule has 3 N–H and O–H groups in total. The minimum atomic E-state index is -4.23. The highest BCUT2D eigenvalue weighted by atomic mass is 32.2. The molecule has 15 heteroatoms. The number of sulfonamides is 2. The molecule has 0 atom stereocenters. The molecule has 0 spiro atoms. The van der Waals surface area contributed by atoms with Crippen LogP contribution in [0.15, 0.2) is 55.6 Å². The van der Waals surface area contributed by atoms with E-state index in [1.165, 1.54) is 31.6 Å². The van der Waals surface area contributed by atoms with Gasteiger partial charge in [-0.1, -0.05) is 11.2 Å². The van der Waals surface area contributed by atoms with E-state index in [4.69, 9.17) is 4.74 Å². The summed E-state index contributed by atoms with van der Waals surface area (Å²) in [5.41, 5.74) is -0.0535. The number of hydrogen-bond donors (Lipinski definition) is 3. The van der Waals surface area contributed by atoms with Crippen molar-refractivity contribution >= 4 is 55.0 Å². The zero-order chi connectivity index (χ0) is 24.5. The summed E-state index contributed by atoms with van der Waals surface area (Å²) in [5, 5.41) is 7.78. The van der Waals surface area contributed by atoms with Gasteiger partial charge in [0.1, 0.15) is 32.4 Å². The van der Waals surface area contributed by atoms with E-state index in [1.807, 2.05) is 4.72 Å². The molecule has 1 aliphatic heterocycles. The highest BCUT2D eigenvalue weighted by molar-refractivity contribution is 7.94. The largest absolute Gasteiger partial charge is 0.495 e. The number of carbonyl (C=O) groups excluding carboxylic acids is 2. The van der Waals surface area contributed by atoms with Crippen molar-refractivity contribution in [1.82, 2.24) is 15.2 Å². The Morgan fingerprint density at radius 2 is 2.15 bits per heavy atom. The van der Waals surface area contributed by atoms with E-state index in [9.17, 15) is 26.4 Å². The van der Waals surface area contributed by atoms with Crippen LogP contribution in [0.25, 0.3) is 6.08 Å². The van der Waals surface area contributed by atoms with E-state index in [-0.39, 0.29) is 33.3 Å². The molecule has 4 rings (SSSR count). The van der Waals surface area contributed by atoms with Crippen LogP contribution < -0.4 is 19.5 Å². The first-order valence-electron chi connectivity index (χ1n) is 9.36. The van der Waals surface area contributed by atoms with E-state index in [2.05, 4.69) is 19.7 Å². The molecule has 3 aromatic rings. The van der Waals surface area contributed by atoms with Gasteiger partial charge >= 0.3 is 0 Å². The molecule has 0 saturated carbocycles. The van der Waals surface area contributed by atoms with Crippen LogP contribution in [-0.4, -0.2) is 40.9 Å². The first kappa shape index (κ1) is 23.5. The number of amides is 2. The Morgan fingerprint density at radius 3 is 2.79 bits per heavy atom. The maximum absolute atomic E-state index is 12.8. The fourth-order valence-corrected chi connectivity index (χ4v) is 6.35. The number of fused-ring (bicyclic) bond motifs is 1. The van der Waals surface area contributed by atoms with Crippen molar-refractivity contribution in [3.8, 4) is 5.75 Å². The third-order valence-corrected chi connectivity index (χ3v) is 8.69. The van der Waals surface area contributed by atoms with E-state index >= 15 is 0 Å². The van der Waals surface area contributed by atoms with Gasteiger partial charge in [0.15, 0.2) is 0 Å². The second kappa shape index (κ2) is 8.92. The highest BCUT2D eigenvalue weighted by Crippen LogP contribution is 2.40. The standard InChI is InChI=1S/C19H16N4O8S3/c1-30-18-12(4-5-15(24)20-10-11-6-7-31-21-11)13(22-34(28,29)16-3-2-8-32-16)9-14-17(18)19(25)23-33(14,26)27/h2-9,22H,10H2,1H3,(H,20,24)(H,23,25). The Bertz CT molecular complexity index is 1490. The number of carbonyl (C=O) groups is 2. The molecule has 2 aromatic heterocycles. The number of rotatable bonds is 8. The Labute approximate surface area is 197 Å². The summed E-state index contributed by atoms with van der Waals surface area (Å²) < 4.78 is 64.5. The van der Waals surface area contributed by atoms with Gasteiger partial charge < -0.3 is 14.6 Å². The predicted octanol–water partition coefficient (Wildman–Crippen LogP) is 1.31. The SMILES string of the molecule is COc1c(C=CC(=O)NCc2ccon2)c(NS(=O)(=O)c2cccs2)cc2c1C(=O)NS2(=O)=O. The molecule has 34 heavy (non-hydrogen) atoms. The summed E-state index contributed by atoms with van der Waals surface area (Å²) in [6.07, 6.45) is 3.63. The molecule has 0 fully saturated rings. The van der Waals surface area contributed by atoms with Crippen LogP contribution in [0, 0.1) is 0 Å². The molecule has 0 aliphatic carbocycles. The summed E-state index contributed by atoms with van der Waals surface area (Å²) in [6, 6.07) is 5.47. The Kier molecular flexibility index (Phi) is 6.16. The molecule has 178 valence electrons. The van der Waals surface area contributed by atoms with Crippen LogP contribution in [0.2, 0.25) is 0 Å². The van der Waals surface area contributed by atoms with Gasteiger partial charge in [0.2, 0.25) is 5.91 Å². The van der Waals surface area contributed by atoms with Gasteiger partial charge in [0, 0.05) is 17.7 Å². The van der Waals surface area contributed by atoms with Gasteiger partial charge in [-0.15, -0.1) is 11.3 Å². The molecule has 2 amide bonds. The smallest absolute Gasteiger partial charge is 0.271 e. The summed E-state index contributed by atoms with van der Waals surface area (Å²) in [7, 11) is -7.15. The van der Waals surface area contributed by atoms with Crippen molar-refractivity contribution in [1.29, 1.82) is 0 Å². The lowest BCUT2D eigenvalue weighted by Crippen LogP contribution is -2.21. The first-order valence-corrected chi connectivity index (χ1v) is 13.2. The summed E-state index contributed by atoms with van der Waals surface area (Å²) >= 11 is 0.952. The molecule has 0 saturated heterocycles. The van der Waals surface area contributed by atoms with Crippen molar-refractivity contribution in [2.45, 2.75) is 15.6 Å². The lowest BCUT2D eigenvalue weighted by atomic mass is 10.0. The molecule has 1 aliphatic rings. The number of thiophene rings is 1. The van der Waals surface area contributed by atoms with Crippen molar-refractivity contribution in [3.63, 3.8) is 0 Å². The molecule has 1 aromatic carbocycles. The molecule has 0 radical (unpaired) electrons. The second-order valence-electron chi connectivity index (χ2n) is 6.76. The van der Waals surface area contributed by atoms with Crippen LogP contribution >= 0.6 is 11.3 Å². The third kappa shape index (κ3) is 4.52. The average molecular weight is 525 g/mol. The summed E-state index contributed by atoms with van der Waals surface area (Å²) in [5.74, 6) is -1.74. The number of benzene rings is 1. The molecular weight excluding hydrogens is 508 g/mol. The van der Waals surface area contributed by atoms with Crippen LogP contribution in [0.4, 0.5) is 5.69 Å². The first-order chi connectivity index (χ1) is 16.1. The van der Waals surface area contributed by atoms with E-state index in [1.54, 1.807) is 11.4 Å². The van der Waals surface area contributed by atoms with Crippen LogP contribution in [0.1, 0.15) is 21.6 Å². The Balaban J connectivity index is 1.77. The quantitative estimate of drug-likeness (QED) is 0.367. The minimum Gasteiger partial charge on any atom is -0.495 e. The van der Waals surface area contributed by atoms with E-state index < -0.39 is 36.8 Å². The zero-order valence-electron chi connectivity index (χ0n) is 17.3. The van der Waals surface area contributed by atoms with Gasteiger partial charge in [-0.25, -0.2) is 21.6 Å². The van der Waals surface area contributed by atoms with Crippen molar-refractivity contribution < 1.29 is 35.7 Å². The van der Waals surface area contributed by atoms with Crippen molar-refractivity contribution in [2.75, 3.05) is 11.8 Å². The van der Waals surface area contributed by atoms with Gasteiger partial charge in [0.05, 0.1) is 19.3 Å². The lowest BCUT2D eigenvalue weighted by Gasteiger charge is -2.15. The predicted molar refractivity (Wildman–Crippen MR) is 120 cm³/mol. The Hall–Kier alpha value is -3.69. The monoisotopic (exact) mass is 524 g/mol. The number of methoxy groups -OCH3 is 1. The van der Waals surface area contributed by atoms with Crippen LogP contribution in [0.5, 0.6) is 5.75 Å². The maximum atomic E-state index is 12.8. The van der Waals surface area contributed by atoms with Gasteiger partial charge in [0.25, 0.3) is 26.0 Å². The molecule has 0 unspecified atom stereocenters. The topological polar surface area (TPSA) is 174 Å². The number of ether oxygens (including phenoxy) is 1. The minimum absolute atomic E-state index is 0.0229. The normalized spacial score (nSPS) is 14.6. The number of nitrogens with zero attached hydrogens (tertiary/aromatic N) is 1. The molecular formula is C19H16N4O8S3.